The average molecular weight is 786 g/mol. The summed E-state index contributed by atoms with van der Waals surface area (Å²) >= 11 is 1.77. The van der Waals surface area contributed by atoms with E-state index < -0.39 is 0 Å². The number of thiophene rings is 1. The van der Waals surface area contributed by atoms with Gasteiger partial charge in [-0.2, -0.15) is 0 Å². The van der Waals surface area contributed by atoms with E-state index in [1.54, 1.807) is 11.3 Å². The molecular weight excluding hydrogens is 747 g/mol. The molecule has 3 nitrogen and oxygen atoms in total. The Morgan fingerprint density at radius 1 is 0.467 bits per heavy atom. The van der Waals surface area contributed by atoms with Crippen LogP contribution >= 0.6 is 11.3 Å². The number of rotatable bonds is 8. The second kappa shape index (κ2) is 16.0. The molecule has 0 spiro atoms. The van der Waals surface area contributed by atoms with Gasteiger partial charge in [-0.3, -0.25) is 0 Å². The molecule has 0 bridgehead atoms. The van der Waals surface area contributed by atoms with Gasteiger partial charge in [0.05, 0.1) is 27.3 Å². The van der Waals surface area contributed by atoms with Crippen LogP contribution in [0.2, 0.25) is 0 Å². The van der Waals surface area contributed by atoms with E-state index in [1.165, 1.54) is 42.1 Å². The lowest BCUT2D eigenvalue weighted by molar-refractivity contribution is 1.18. The second-order valence-corrected chi connectivity index (χ2v) is 15.8. The number of para-hydroxylation sites is 1. The molecule has 0 aliphatic heterocycles. The summed E-state index contributed by atoms with van der Waals surface area (Å²) < 4.78 is 2.37. The molecule has 0 saturated heterocycles. The third-order valence-corrected chi connectivity index (χ3v) is 12.3. The Bertz CT molecular complexity index is 3180. The van der Waals surface area contributed by atoms with Crippen LogP contribution in [0.4, 0.5) is 0 Å². The zero-order chi connectivity index (χ0) is 40.4. The molecule has 284 valence electrons. The van der Waals surface area contributed by atoms with Gasteiger partial charge in [0.1, 0.15) is 0 Å². The topological polar surface area (TPSA) is 38.7 Å². The molecule has 0 atom stereocenters. The summed E-state index contributed by atoms with van der Waals surface area (Å²) in [6, 6.07) is 66.0. The number of fused-ring (bicyclic) bond motifs is 3. The van der Waals surface area contributed by atoms with E-state index in [4.69, 9.17) is 15.0 Å². The van der Waals surface area contributed by atoms with Gasteiger partial charge >= 0.3 is 0 Å². The van der Waals surface area contributed by atoms with Gasteiger partial charge < -0.3 is 0 Å². The van der Waals surface area contributed by atoms with Gasteiger partial charge in [0, 0.05) is 43.1 Å². The molecule has 0 amide bonds. The van der Waals surface area contributed by atoms with Crippen molar-refractivity contribution in [2.75, 3.05) is 0 Å². The van der Waals surface area contributed by atoms with Gasteiger partial charge in [-0.15, -0.1) is 11.3 Å². The maximum absolute atomic E-state index is 5.45. The van der Waals surface area contributed by atoms with Crippen molar-refractivity contribution in [3.63, 3.8) is 0 Å². The Morgan fingerprint density at radius 2 is 0.950 bits per heavy atom. The number of benzene rings is 7. The van der Waals surface area contributed by atoms with E-state index in [2.05, 4.69) is 202 Å². The predicted molar refractivity (Wildman–Crippen MR) is 255 cm³/mol. The smallest absolute Gasteiger partial charge is 0.160 e. The van der Waals surface area contributed by atoms with E-state index in [-0.39, 0.29) is 0 Å². The van der Waals surface area contributed by atoms with Crippen LogP contribution in [0.25, 0.3) is 112 Å². The maximum Gasteiger partial charge on any atom is 0.160 e. The Hall–Kier alpha value is -7.53. The summed E-state index contributed by atoms with van der Waals surface area (Å²) in [5.41, 5.74) is 14.7. The number of allylic oxidation sites excluding steroid dienone is 1. The highest BCUT2D eigenvalue weighted by molar-refractivity contribution is 7.17. The van der Waals surface area contributed by atoms with Gasteiger partial charge in [-0.1, -0.05) is 201 Å². The molecule has 0 radical (unpaired) electrons. The van der Waals surface area contributed by atoms with E-state index in [1.807, 2.05) is 18.2 Å². The van der Waals surface area contributed by atoms with Crippen molar-refractivity contribution in [2.45, 2.75) is 6.92 Å². The molecule has 0 N–H and O–H groups in total. The number of hydrogen-bond acceptors (Lipinski definition) is 4. The molecule has 7 aromatic carbocycles. The van der Waals surface area contributed by atoms with Crippen molar-refractivity contribution in [1.82, 2.24) is 15.0 Å². The van der Waals surface area contributed by atoms with Crippen LogP contribution in [0.1, 0.15) is 6.92 Å². The Kier molecular flexibility index (Phi) is 9.82. The first-order valence-corrected chi connectivity index (χ1v) is 21.0. The van der Waals surface area contributed by atoms with Crippen molar-refractivity contribution in [1.29, 1.82) is 0 Å². The van der Waals surface area contributed by atoms with E-state index in [0.717, 1.165) is 61.4 Å². The zero-order valence-corrected chi connectivity index (χ0v) is 33.9. The Labute approximate surface area is 353 Å². The SMILES string of the molecule is C=C/C=c1/sc2c(-c3ccccc3)nc3c(-c4ccc(-c5nc(-c6ccc(-c7ccccc7)cc6)cc(-c6ccc(-c7ccccc7)cc6)n5)cc4)cccc3c2/c1=C/C. The van der Waals surface area contributed by atoms with Crippen LogP contribution in [0, 0.1) is 0 Å². The quantitative estimate of drug-likeness (QED) is 0.154. The Balaban J connectivity index is 1.09. The summed E-state index contributed by atoms with van der Waals surface area (Å²) in [7, 11) is 0. The standard InChI is InChI=1S/C56H39N3S/c1-3-15-51-46(4-2)52-48-23-14-22-47(54(48)59-53(55(52)60-51)44-20-12-7-13-21-44)41-28-34-45(35-29-41)56-57-49(42-30-24-39(25-31-42)37-16-8-5-9-17-37)36-50(58-56)43-32-26-40(27-33-43)38-18-10-6-11-19-38/h3-36H,1H2,2H3/b46-4+,51-15+. The summed E-state index contributed by atoms with van der Waals surface area (Å²) in [6.07, 6.45) is 6.18. The fraction of sp³-hybridized carbons (Fsp3) is 0.0179. The van der Waals surface area contributed by atoms with Gasteiger partial charge in [0.25, 0.3) is 0 Å². The molecule has 10 aromatic rings. The molecule has 60 heavy (non-hydrogen) atoms. The van der Waals surface area contributed by atoms with Crippen LogP contribution in [-0.2, 0) is 0 Å². The zero-order valence-electron chi connectivity index (χ0n) is 33.1. The highest BCUT2D eigenvalue weighted by Gasteiger charge is 2.18. The minimum atomic E-state index is 0.671. The fourth-order valence-electron chi connectivity index (χ4n) is 8.06. The minimum Gasteiger partial charge on any atom is -0.246 e. The van der Waals surface area contributed by atoms with Gasteiger partial charge in [-0.05, 0) is 52.1 Å². The van der Waals surface area contributed by atoms with Crippen molar-refractivity contribution >= 4 is 44.5 Å². The lowest BCUT2D eigenvalue weighted by Crippen LogP contribution is -2.17. The number of pyridine rings is 1. The second-order valence-electron chi connectivity index (χ2n) is 14.7. The molecule has 0 aliphatic rings. The highest BCUT2D eigenvalue weighted by atomic mass is 32.1. The summed E-state index contributed by atoms with van der Waals surface area (Å²) in [4.78, 5) is 15.9. The summed E-state index contributed by atoms with van der Waals surface area (Å²) in [5.74, 6) is 0.671. The molecule has 3 heterocycles. The predicted octanol–water partition coefficient (Wildman–Crippen LogP) is 13.7. The molecular formula is C56H39N3S. The van der Waals surface area contributed by atoms with E-state index in [9.17, 15) is 0 Å². The molecule has 10 rings (SSSR count). The minimum absolute atomic E-state index is 0.671. The average Bonchev–Trinajstić information content (AvgIpc) is 3.70. The van der Waals surface area contributed by atoms with Crippen molar-refractivity contribution in [3.05, 3.63) is 210 Å². The number of aromatic nitrogens is 3. The van der Waals surface area contributed by atoms with Crippen LogP contribution in [0.3, 0.4) is 0 Å². The molecule has 0 saturated carbocycles. The Morgan fingerprint density at radius 3 is 1.48 bits per heavy atom. The van der Waals surface area contributed by atoms with Crippen molar-refractivity contribution in [3.8, 4) is 78.5 Å². The largest absolute Gasteiger partial charge is 0.246 e. The highest BCUT2D eigenvalue weighted by Crippen LogP contribution is 2.38. The molecule has 4 heteroatoms. The molecule has 0 aliphatic carbocycles. The summed E-state index contributed by atoms with van der Waals surface area (Å²) in [6.45, 7) is 6.12. The fourth-order valence-corrected chi connectivity index (χ4v) is 9.36. The van der Waals surface area contributed by atoms with Gasteiger partial charge in [-0.25, -0.2) is 15.0 Å². The third-order valence-electron chi connectivity index (χ3n) is 11.1. The summed E-state index contributed by atoms with van der Waals surface area (Å²) in [5, 5.41) is 3.57. The van der Waals surface area contributed by atoms with Crippen LogP contribution in [-0.4, -0.2) is 15.0 Å². The molecule has 3 aromatic heterocycles. The first-order valence-electron chi connectivity index (χ1n) is 20.2. The van der Waals surface area contributed by atoms with E-state index in [0.29, 0.717) is 5.82 Å². The lowest BCUT2D eigenvalue weighted by Gasteiger charge is -2.13. The lowest BCUT2D eigenvalue weighted by atomic mass is 9.97. The normalized spacial score (nSPS) is 12.0. The third kappa shape index (κ3) is 6.93. The monoisotopic (exact) mass is 785 g/mol. The first-order chi connectivity index (χ1) is 29.6. The maximum atomic E-state index is 5.45. The molecule has 0 unspecified atom stereocenters. The number of nitrogens with zero attached hydrogens (tertiary/aromatic N) is 3. The van der Waals surface area contributed by atoms with E-state index >= 15 is 0 Å². The number of hydrogen-bond donors (Lipinski definition) is 0. The van der Waals surface area contributed by atoms with Crippen LogP contribution < -0.4 is 9.75 Å². The van der Waals surface area contributed by atoms with Gasteiger partial charge in [0.15, 0.2) is 5.82 Å². The van der Waals surface area contributed by atoms with Crippen molar-refractivity contribution in [2.24, 2.45) is 0 Å². The van der Waals surface area contributed by atoms with Crippen LogP contribution in [0.15, 0.2) is 201 Å². The van der Waals surface area contributed by atoms with Crippen molar-refractivity contribution < 1.29 is 0 Å². The van der Waals surface area contributed by atoms with Crippen LogP contribution in [0.5, 0.6) is 0 Å². The van der Waals surface area contributed by atoms with Gasteiger partial charge in [0.2, 0.25) is 0 Å². The first kappa shape index (κ1) is 36.8. The molecule has 0 fully saturated rings.